The van der Waals surface area contributed by atoms with Gasteiger partial charge in [-0.05, 0) is 0 Å². The number of ether oxygens (including phenoxy) is 1. The monoisotopic (exact) mass is 348 g/mol. The number of halogens is 1. The van der Waals surface area contributed by atoms with Gasteiger partial charge in [0, 0.05) is 11.1 Å². The van der Waals surface area contributed by atoms with Gasteiger partial charge in [0.1, 0.15) is 12.5 Å². The molecule has 0 bridgehead atoms. The van der Waals surface area contributed by atoms with Crippen LogP contribution in [0.25, 0.3) is 0 Å². The summed E-state index contributed by atoms with van der Waals surface area (Å²) in [5, 5.41) is 1.82. The molecule has 0 fully saturated rings. The largest absolute Gasteiger partial charge is 1.00 e. The van der Waals surface area contributed by atoms with E-state index < -0.39 is 11.9 Å². The highest BCUT2D eigenvalue weighted by atomic mass is 35.5. The summed E-state index contributed by atoms with van der Waals surface area (Å²) < 4.78 is 4.77. The molecule has 0 aliphatic rings. The maximum atomic E-state index is 11.9. The number of hydrogen-bond donors (Lipinski definition) is 2. The van der Waals surface area contributed by atoms with E-state index in [1.54, 1.807) is 0 Å². The molecule has 0 radical (unpaired) electrons. The van der Waals surface area contributed by atoms with E-state index in [0.717, 1.165) is 11.1 Å². The van der Waals surface area contributed by atoms with Gasteiger partial charge < -0.3 is 28.2 Å². The highest BCUT2D eigenvalue weighted by Crippen LogP contribution is 2.16. The van der Waals surface area contributed by atoms with E-state index in [0.29, 0.717) is 0 Å². The molecule has 0 unspecified atom stereocenters. The van der Waals surface area contributed by atoms with Crippen molar-refractivity contribution in [3.8, 4) is 0 Å². The lowest BCUT2D eigenvalue weighted by molar-refractivity contribution is -0.721. The lowest BCUT2D eigenvalue weighted by Crippen LogP contribution is -3.00. The van der Waals surface area contributed by atoms with Gasteiger partial charge in [0.2, 0.25) is 0 Å². The Bertz CT molecular complexity index is 650. The molecule has 0 saturated carbocycles. The first-order valence-electron chi connectivity index (χ1n) is 7.43. The Morgan fingerprint density at radius 2 is 1.50 bits per heavy atom. The Balaban J connectivity index is 0.00000288. The van der Waals surface area contributed by atoms with Crippen molar-refractivity contribution in [1.82, 2.24) is 0 Å². The molecule has 0 aliphatic carbocycles. The smallest absolute Gasteiger partial charge is 0.311 e. The predicted octanol–water partition coefficient (Wildman–Crippen LogP) is -1.92. The molecule has 2 aromatic carbocycles. The van der Waals surface area contributed by atoms with Crippen LogP contribution in [0.5, 0.6) is 0 Å². The van der Waals surface area contributed by atoms with Gasteiger partial charge in [0.05, 0.1) is 7.11 Å². The van der Waals surface area contributed by atoms with Crippen LogP contribution in [0, 0.1) is 0 Å². The number of nitrogens with two attached hydrogens (primary N) is 2. The molecule has 0 saturated heterocycles. The number of benzene rings is 2. The predicted molar refractivity (Wildman–Crippen MR) is 86.1 cm³/mol. The second-order valence-electron chi connectivity index (χ2n) is 5.28. The molecule has 6 heteroatoms. The van der Waals surface area contributed by atoms with E-state index in [4.69, 9.17) is 10.5 Å². The van der Waals surface area contributed by atoms with Crippen molar-refractivity contribution in [2.24, 2.45) is 5.73 Å². The molecule has 128 valence electrons. The van der Waals surface area contributed by atoms with Crippen molar-refractivity contribution in [3.05, 3.63) is 71.8 Å². The summed E-state index contributed by atoms with van der Waals surface area (Å²) in [7, 11) is 1.35. The molecule has 0 aliphatic heterocycles. The van der Waals surface area contributed by atoms with Crippen molar-refractivity contribution in [2.45, 2.75) is 18.5 Å². The zero-order chi connectivity index (χ0) is 16.7. The summed E-state index contributed by atoms with van der Waals surface area (Å²) >= 11 is 0. The minimum Gasteiger partial charge on any atom is -1.00 e. The molecule has 2 rings (SSSR count). The maximum absolute atomic E-state index is 11.9. The first-order chi connectivity index (χ1) is 11.1. The Labute approximate surface area is 147 Å². The lowest BCUT2D eigenvalue weighted by Gasteiger charge is -2.20. The Morgan fingerprint density at radius 1 is 1.00 bits per heavy atom. The molecular weight excluding hydrogens is 328 g/mol. The fourth-order valence-electron chi connectivity index (χ4n) is 2.52. The Kier molecular flexibility index (Phi) is 7.95. The third-order valence-corrected chi connectivity index (χ3v) is 3.73. The number of hydrogen-bond acceptors (Lipinski definition) is 3. The third kappa shape index (κ3) is 5.37. The molecule has 2 aromatic rings. The van der Waals surface area contributed by atoms with Crippen molar-refractivity contribution < 1.29 is 32.0 Å². The van der Waals surface area contributed by atoms with Crippen LogP contribution in [0.15, 0.2) is 60.7 Å². The van der Waals surface area contributed by atoms with Crippen LogP contribution in [-0.2, 0) is 14.3 Å². The van der Waals surface area contributed by atoms with Crippen molar-refractivity contribution in [1.29, 1.82) is 0 Å². The number of amides is 1. The summed E-state index contributed by atoms with van der Waals surface area (Å²) in [5.41, 5.74) is 7.33. The average molecular weight is 349 g/mol. The molecule has 0 spiro atoms. The summed E-state index contributed by atoms with van der Waals surface area (Å²) in [6.07, 6.45) is 0.164. The van der Waals surface area contributed by atoms with Crippen molar-refractivity contribution in [2.75, 3.05) is 7.11 Å². The SMILES string of the molecule is COC(=O)C[C@H]([NH2+][C@H](C(N)=O)c1ccccc1)c1ccccc1.[Cl-]. The highest BCUT2D eigenvalue weighted by Gasteiger charge is 2.28. The minimum atomic E-state index is -0.564. The number of esters is 1. The summed E-state index contributed by atoms with van der Waals surface area (Å²) in [4.78, 5) is 23.6. The van der Waals surface area contributed by atoms with Crippen LogP contribution < -0.4 is 23.5 Å². The standard InChI is InChI=1S/C18H20N2O3.ClH/c1-23-16(21)12-15(13-8-4-2-5-9-13)20-17(18(19)22)14-10-6-3-7-11-14;/h2-11,15,17,20H,12H2,1H3,(H2,19,22);1H/t15-,17-;/m0./s1. The number of carbonyl (C=O) groups excluding carboxylic acids is 2. The molecule has 1 amide bonds. The van der Waals surface area contributed by atoms with Crippen LogP contribution in [-0.4, -0.2) is 19.0 Å². The number of primary amides is 1. The van der Waals surface area contributed by atoms with Crippen LogP contribution in [0.3, 0.4) is 0 Å². The van der Waals surface area contributed by atoms with Gasteiger partial charge in [-0.15, -0.1) is 0 Å². The van der Waals surface area contributed by atoms with Crippen molar-refractivity contribution in [3.63, 3.8) is 0 Å². The highest BCUT2D eigenvalue weighted by molar-refractivity contribution is 5.79. The summed E-state index contributed by atoms with van der Waals surface area (Å²) in [6, 6.07) is 18.0. The van der Waals surface area contributed by atoms with Gasteiger partial charge in [-0.25, -0.2) is 0 Å². The van der Waals surface area contributed by atoms with Gasteiger partial charge in [0.25, 0.3) is 5.91 Å². The Hall–Kier alpha value is -2.37. The van der Waals surface area contributed by atoms with E-state index in [1.807, 2.05) is 66.0 Å². The third-order valence-electron chi connectivity index (χ3n) is 3.73. The molecule has 2 atom stereocenters. The van der Waals surface area contributed by atoms with E-state index >= 15 is 0 Å². The molecular formula is C18H21ClN2O3. The fourth-order valence-corrected chi connectivity index (χ4v) is 2.52. The topological polar surface area (TPSA) is 86.0 Å². The molecule has 5 nitrogen and oxygen atoms in total. The number of rotatable bonds is 7. The maximum Gasteiger partial charge on any atom is 0.311 e. The van der Waals surface area contributed by atoms with Gasteiger partial charge in [0.15, 0.2) is 6.04 Å². The van der Waals surface area contributed by atoms with E-state index in [1.165, 1.54) is 7.11 Å². The number of carbonyl (C=O) groups is 2. The van der Waals surface area contributed by atoms with E-state index in [9.17, 15) is 9.59 Å². The number of methoxy groups -OCH3 is 1. The minimum absolute atomic E-state index is 0. The van der Waals surface area contributed by atoms with Crippen LogP contribution in [0.2, 0.25) is 0 Å². The summed E-state index contributed by atoms with van der Waals surface area (Å²) in [6.45, 7) is 0. The zero-order valence-corrected chi connectivity index (χ0v) is 14.1. The first kappa shape index (κ1) is 19.7. The van der Waals surface area contributed by atoms with Crippen LogP contribution >= 0.6 is 0 Å². The van der Waals surface area contributed by atoms with Crippen LogP contribution in [0.1, 0.15) is 29.6 Å². The molecule has 0 aromatic heterocycles. The van der Waals surface area contributed by atoms with E-state index in [-0.39, 0.29) is 30.8 Å². The van der Waals surface area contributed by atoms with Gasteiger partial charge in [-0.3, -0.25) is 9.59 Å². The van der Waals surface area contributed by atoms with Gasteiger partial charge in [-0.1, -0.05) is 60.7 Å². The number of quaternary nitrogens is 1. The fraction of sp³-hybridized carbons (Fsp3) is 0.222. The van der Waals surface area contributed by atoms with Crippen molar-refractivity contribution >= 4 is 11.9 Å². The second kappa shape index (κ2) is 9.70. The lowest BCUT2D eigenvalue weighted by atomic mass is 9.99. The molecule has 4 N–H and O–H groups in total. The molecule has 0 heterocycles. The van der Waals surface area contributed by atoms with Gasteiger partial charge in [-0.2, -0.15) is 0 Å². The zero-order valence-electron chi connectivity index (χ0n) is 13.4. The van der Waals surface area contributed by atoms with Crippen LogP contribution in [0.4, 0.5) is 0 Å². The average Bonchev–Trinajstić information content (AvgIpc) is 2.59. The second-order valence-corrected chi connectivity index (χ2v) is 5.28. The molecule has 24 heavy (non-hydrogen) atoms. The normalized spacial score (nSPS) is 12.5. The quantitative estimate of drug-likeness (QED) is 0.572. The summed E-state index contributed by atoms with van der Waals surface area (Å²) in [5.74, 6) is -0.770. The Morgan fingerprint density at radius 3 is 1.96 bits per heavy atom. The van der Waals surface area contributed by atoms with E-state index in [2.05, 4.69) is 0 Å². The first-order valence-corrected chi connectivity index (χ1v) is 7.43. The van der Waals surface area contributed by atoms with Gasteiger partial charge >= 0.3 is 5.97 Å².